The molecule has 0 unspecified atom stereocenters. The number of hydrogen-bond donors (Lipinski definition) is 0. The maximum atomic E-state index is 3.14. The van der Waals surface area contributed by atoms with Gasteiger partial charge in [0.25, 0.3) is 0 Å². The molecule has 0 spiro atoms. The molecule has 0 N–H and O–H groups in total. The Morgan fingerprint density at radius 2 is 1.92 bits per heavy atom. The molecule has 0 aliphatic carbocycles. The van der Waals surface area contributed by atoms with E-state index in [0.717, 1.165) is 17.1 Å². The van der Waals surface area contributed by atoms with Crippen LogP contribution in [0, 0.1) is 18.8 Å². The molecule has 13 heavy (non-hydrogen) atoms. The first-order chi connectivity index (χ1) is 6.33. The fraction of sp³-hybridized carbons (Fsp3) is 0.333. The fourth-order valence-corrected chi connectivity index (χ4v) is 1.31. The largest absolute Gasteiger partial charge is 0.149 e. The van der Waals surface area contributed by atoms with Gasteiger partial charge in [-0.05, 0) is 24.8 Å². The number of rotatable bonds is 2. The summed E-state index contributed by atoms with van der Waals surface area (Å²) in [5.74, 6) is 8.35. The summed E-state index contributed by atoms with van der Waals surface area (Å²) in [5.41, 5.74) is 2.40. The van der Waals surface area contributed by atoms with Crippen LogP contribution in [-0.2, 0) is 0 Å². The van der Waals surface area contributed by atoms with E-state index in [-0.39, 0.29) is 0 Å². The molecule has 0 amide bonds. The van der Waals surface area contributed by atoms with Gasteiger partial charge in [-0.15, -0.1) is 11.8 Å². The molecule has 0 saturated heterocycles. The highest BCUT2D eigenvalue weighted by atomic mass is 32.2. The third-order valence-electron chi connectivity index (χ3n) is 1.66. The van der Waals surface area contributed by atoms with Gasteiger partial charge in [0.1, 0.15) is 0 Å². The molecule has 0 bridgehead atoms. The van der Waals surface area contributed by atoms with Crippen LogP contribution in [-0.4, -0.2) is 11.5 Å². The lowest BCUT2D eigenvalue weighted by molar-refractivity contribution is 1.46. The van der Waals surface area contributed by atoms with Crippen LogP contribution in [0.25, 0.3) is 0 Å². The van der Waals surface area contributed by atoms with Crippen molar-refractivity contribution in [3.63, 3.8) is 0 Å². The first kappa shape index (κ1) is 10.2. The van der Waals surface area contributed by atoms with Crippen molar-refractivity contribution in [3.05, 3.63) is 35.4 Å². The maximum Gasteiger partial charge on any atom is 0.0551 e. The van der Waals surface area contributed by atoms with E-state index < -0.39 is 0 Å². The van der Waals surface area contributed by atoms with Crippen LogP contribution in [0.2, 0.25) is 0 Å². The molecule has 0 heterocycles. The van der Waals surface area contributed by atoms with Crippen LogP contribution in [0.4, 0.5) is 0 Å². The highest BCUT2D eigenvalue weighted by molar-refractivity contribution is 7.99. The number of hydrogen-bond acceptors (Lipinski definition) is 1. The Morgan fingerprint density at radius 3 is 2.54 bits per heavy atom. The van der Waals surface area contributed by atoms with E-state index in [1.165, 1.54) is 5.56 Å². The first-order valence-electron chi connectivity index (χ1n) is 4.46. The van der Waals surface area contributed by atoms with E-state index >= 15 is 0 Å². The first-order valence-corrected chi connectivity index (χ1v) is 5.61. The Kier molecular flexibility index (Phi) is 4.49. The highest BCUT2D eigenvalue weighted by Gasteiger charge is 1.84. The zero-order chi connectivity index (χ0) is 9.52. The number of thioether (sulfide) groups is 1. The zero-order valence-electron chi connectivity index (χ0n) is 8.13. The summed E-state index contributed by atoms with van der Waals surface area (Å²) in [5, 5.41) is 0. The van der Waals surface area contributed by atoms with Crippen molar-refractivity contribution in [2.24, 2.45) is 0 Å². The second-order valence-electron chi connectivity index (χ2n) is 2.80. The molecular formula is C12H14S. The van der Waals surface area contributed by atoms with Gasteiger partial charge in [-0.3, -0.25) is 0 Å². The standard InChI is InChI=1S/C12H14S/c1-3-13-10-4-5-12-8-6-11(2)7-9-12/h6-9H,3,10H2,1-2H3. The molecule has 1 aromatic carbocycles. The van der Waals surface area contributed by atoms with Gasteiger partial charge in [0, 0.05) is 5.56 Å². The third-order valence-corrected chi connectivity index (χ3v) is 2.42. The molecule has 0 fully saturated rings. The topological polar surface area (TPSA) is 0 Å². The Hall–Kier alpha value is -0.870. The van der Waals surface area contributed by atoms with Crippen LogP contribution in [0.5, 0.6) is 0 Å². The highest BCUT2D eigenvalue weighted by Crippen LogP contribution is 2.01. The molecule has 0 atom stereocenters. The smallest absolute Gasteiger partial charge is 0.0551 e. The lowest BCUT2D eigenvalue weighted by Gasteiger charge is -1.91. The average Bonchev–Trinajstić information content (AvgIpc) is 2.15. The van der Waals surface area contributed by atoms with Gasteiger partial charge in [-0.25, -0.2) is 0 Å². The van der Waals surface area contributed by atoms with Crippen LogP contribution < -0.4 is 0 Å². The summed E-state index contributed by atoms with van der Waals surface area (Å²) in [6.45, 7) is 4.24. The van der Waals surface area contributed by atoms with Gasteiger partial charge >= 0.3 is 0 Å². The Morgan fingerprint density at radius 1 is 1.23 bits per heavy atom. The van der Waals surface area contributed by atoms with Crippen molar-refractivity contribution in [2.45, 2.75) is 13.8 Å². The molecule has 0 aromatic heterocycles. The monoisotopic (exact) mass is 190 g/mol. The van der Waals surface area contributed by atoms with Crippen molar-refractivity contribution >= 4 is 11.8 Å². The van der Waals surface area contributed by atoms with Crippen LogP contribution >= 0.6 is 11.8 Å². The Balaban J connectivity index is 2.52. The second kappa shape index (κ2) is 5.72. The minimum absolute atomic E-state index is 0.935. The van der Waals surface area contributed by atoms with Crippen molar-refractivity contribution < 1.29 is 0 Å². The molecular weight excluding hydrogens is 176 g/mol. The fourth-order valence-electron chi connectivity index (χ4n) is 0.928. The summed E-state index contributed by atoms with van der Waals surface area (Å²) in [6, 6.07) is 8.33. The molecule has 68 valence electrons. The van der Waals surface area contributed by atoms with Crippen molar-refractivity contribution in [3.8, 4) is 11.8 Å². The summed E-state index contributed by atoms with van der Waals surface area (Å²) in [4.78, 5) is 0. The SMILES string of the molecule is CCSCC#Cc1ccc(C)cc1. The summed E-state index contributed by atoms with van der Waals surface area (Å²) in [7, 11) is 0. The van der Waals surface area contributed by atoms with Gasteiger partial charge in [0.15, 0.2) is 0 Å². The maximum absolute atomic E-state index is 3.14. The minimum atomic E-state index is 0.935. The normalized spacial score (nSPS) is 9.08. The second-order valence-corrected chi connectivity index (χ2v) is 4.08. The zero-order valence-corrected chi connectivity index (χ0v) is 8.95. The van der Waals surface area contributed by atoms with E-state index in [1.807, 2.05) is 11.8 Å². The Bertz CT molecular complexity index is 300. The molecule has 1 rings (SSSR count). The summed E-state index contributed by atoms with van der Waals surface area (Å²) < 4.78 is 0. The predicted molar refractivity (Wildman–Crippen MR) is 61.1 cm³/mol. The van der Waals surface area contributed by atoms with Gasteiger partial charge in [-0.2, -0.15) is 0 Å². The molecule has 0 radical (unpaired) electrons. The molecule has 1 aromatic rings. The number of benzene rings is 1. The molecule has 0 nitrogen and oxygen atoms in total. The van der Waals surface area contributed by atoms with Crippen LogP contribution in [0.15, 0.2) is 24.3 Å². The van der Waals surface area contributed by atoms with E-state index in [4.69, 9.17) is 0 Å². The van der Waals surface area contributed by atoms with E-state index in [0.29, 0.717) is 0 Å². The van der Waals surface area contributed by atoms with E-state index in [9.17, 15) is 0 Å². The number of aryl methyl sites for hydroxylation is 1. The summed E-state index contributed by atoms with van der Waals surface area (Å²) in [6.07, 6.45) is 0. The van der Waals surface area contributed by atoms with Gasteiger partial charge in [-0.1, -0.05) is 36.5 Å². The average molecular weight is 190 g/mol. The molecule has 0 aliphatic rings. The van der Waals surface area contributed by atoms with E-state index in [2.05, 4.69) is 50.0 Å². The molecule has 0 aliphatic heterocycles. The van der Waals surface area contributed by atoms with E-state index in [1.54, 1.807) is 0 Å². The lowest BCUT2D eigenvalue weighted by atomic mass is 10.2. The van der Waals surface area contributed by atoms with Crippen molar-refractivity contribution in [2.75, 3.05) is 11.5 Å². The molecule has 0 saturated carbocycles. The van der Waals surface area contributed by atoms with Gasteiger partial charge in [0.05, 0.1) is 5.75 Å². The molecule has 1 heteroatoms. The summed E-state index contributed by atoms with van der Waals surface area (Å²) >= 11 is 1.86. The van der Waals surface area contributed by atoms with Crippen molar-refractivity contribution in [1.29, 1.82) is 0 Å². The van der Waals surface area contributed by atoms with Crippen LogP contribution in [0.3, 0.4) is 0 Å². The van der Waals surface area contributed by atoms with Crippen molar-refractivity contribution in [1.82, 2.24) is 0 Å². The Labute approximate surface area is 84.7 Å². The lowest BCUT2D eigenvalue weighted by Crippen LogP contribution is -1.77. The minimum Gasteiger partial charge on any atom is -0.149 e. The van der Waals surface area contributed by atoms with Gasteiger partial charge in [0.2, 0.25) is 0 Å². The predicted octanol–water partition coefficient (Wildman–Crippen LogP) is 3.10. The van der Waals surface area contributed by atoms with Crippen LogP contribution in [0.1, 0.15) is 18.1 Å². The van der Waals surface area contributed by atoms with Gasteiger partial charge < -0.3 is 0 Å². The third kappa shape index (κ3) is 4.05. The quantitative estimate of drug-likeness (QED) is 0.510.